The van der Waals surface area contributed by atoms with E-state index in [9.17, 15) is 0 Å². The molecular formula is C19H18N4O3. The number of pyridine rings is 1. The number of aromatic nitrogens is 1. The summed E-state index contributed by atoms with van der Waals surface area (Å²) < 4.78 is 15.9. The Morgan fingerprint density at radius 1 is 1.04 bits per heavy atom. The Labute approximate surface area is 150 Å². The van der Waals surface area contributed by atoms with E-state index in [1.807, 2.05) is 41.3 Å². The van der Waals surface area contributed by atoms with E-state index in [4.69, 9.17) is 24.6 Å². The Kier molecular flexibility index (Phi) is 3.96. The molecule has 0 bridgehead atoms. The first kappa shape index (κ1) is 16.0. The molecule has 1 aliphatic heterocycles. The van der Waals surface area contributed by atoms with Crippen LogP contribution in [0.1, 0.15) is 11.7 Å². The van der Waals surface area contributed by atoms with Gasteiger partial charge in [0.1, 0.15) is 11.6 Å². The van der Waals surface area contributed by atoms with Gasteiger partial charge in [-0.15, -0.1) is 0 Å². The normalized spacial score (nSPS) is 16.0. The fourth-order valence-electron chi connectivity index (χ4n) is 2.94. The minimum absolute atomic E-state index is 0.380. The number of methoxy groups -OCH3 is 2. The quantitative estimate of drug-likeness (QED) is 0.768. The van der Waals surface area contributed by atoms with Crippen molar-refractivity contribution in [3.05, 3.63) is 71.3 Å². The van der Waals surface area contributed by atoms with Gasteiger partial charge >= 0.3 is 0 Å². The van der Waals surface area contributed by atoms with Crippen LogP contribution in [0.5, 0.6) is 11.6 Å². The van der Waals surface area contributed by atoms with Crippen LogP contribution in [0.4, 0.5) is 5.69 Å². The average molecular weight is 350 g/mol. The van der Waals surface area contributed by atoms with Gasteiger partial charge in [0.2, 0.25) is 11.4 Å². The van der Waals surface area contributed by atoms with Crippen molar-refractivity contribution in [1.82, 2.24) is 4.98 Å². The zero-order valence-electron chi connectivity index (χ0n) is 14.4. The van der Waals surface area contributed by atoms with Crippen molar-refractivity contribution in [1.29, 1.82) is 0 Å². The van der Waals surface area contributed by atoms with Crippen molar-refractivity contribution in [3.63, 3.8) is 0 Å². The van der Waals surface area contributed by atoms with E-state index in [0.29, 0.717) is 17.3 Å². The van der Waals surface area contributed by atoms with Crippen molar-refractivity contribution < 1.29 is 13.9 Å². The van der Waals surface area contributed by atoms with E-state index in [0.717, 1.165) is 22.2 Å². The summed E-state index contributed by atoms with van der Waals surface area (Å²) in [6, 6.07) is 13.2. The van der Waals surface area contributed by atoms with E-state index in [1.54, 1.807) is 32.7 Å². The molecule has 0 saturated carbocycles. The second-order valence-electron chi connectivity index (χ2n) is 5.73. The molecule has 132 valence electrons. The van der Waals surface area contributed by atoms with E-state index in [-0.39, 0.29) is 6.17 Å². The lowest BCUT2D eigenvalue weighted by Gasteiger charge is -2.32. The highest BCUT2D eigenvalue weighted by Crippen LogP contribution is 2.32. The molecule has 2 N–H and O–H groups in total. The second kappa shape index (κ2) is 6.44. The number of benzene rings is 1. The van der Waals surface area contributed by atoms with Crippen molar-refractivity contribution in [2.75, 3.05) is 19.1 Å². The van der Waals surface area contributed by atoms with Gasteiger partial charge in [0.05, 0.1) is 37.6 Å². The molecule has 3 heterocycles. The molecule has 1 aliphatic rings. The molecule has 3 aromatic rings. The summed E-state index contributed by atoms with van der Waals surface area (Å²) in [7, 11) is 3.22. The molecule has 0 fully saturated rings. The number of anilines is 1. The first-order valence-electron chi connectivity index (χ1n) is 8.05. The van der Waals surface area contributed by atoms with Crippen molar-refractivity contribution in [3.8, 4) is 11.6 Å². The standard InChI is InChI=1S/C19H18N4O3/c1-24-14-6-3-12(4-7-14)18-22-19-15(9-10-26-19)17(20)23(18)13-5-8-16(25-2)21-11-13/h3-11,18H,20H2,1-2H3. The van der Waals surface area contributed by atoms with E-state index in [2.05, 4.69) is 4.98 Å². The minimum atomic E-state index is -0.380. The molecule has 26 heavy (non-hydrogen) atoms. The van der Waals surface area contributed by atoms with Crippen molar-refractivity contribution >= 4 is 11.5 Å². The smallest absolute Gasteiger partial charge is 0.227 e. The van der Waals surface area contributed by atoms with Gasteiger partial charge in [0, 0.05) is 6.07 Å². The van der Waals surface area contributed by atoms with Crippen molar-refractivity contribution in [2.45, 2.75) is 6.17 Å². The molecule has 1 aromatic carbocycles. The molecule has 0 amide bonds. The Morgan fingerprint density at radius 3 is 2.50 bits per heavy atom. The lowest BCUT2D eigenvalue weighted by molar-refractivity contribution is 0.398. The number of ether oxygens (including phenoxy) is 2. The van der Waals surface area contributed by atoms with E-state index < -0.39 is 0 Å². The maximum absolute atomic E-state index is 6.46. The SMILES string of the molecule is COc1ccc(C2N=c3occc3=C(N)N2c2ccc(OC)nc2)cc1. The molecule has 0 aliphatic carbocycles. The van der Waals surface area contributed by atoms with Crippen LogP contribution in [0, 0.1) is 0 Å². The Bertz CT molecular complexity index is 1030. The van der Waals surface area contributed by atoms with Crippen LogP contribution in [-0.4, -0.2) is 19.2 Å². The van der Waals surface area contributed by atoms with Crippen LogP contribution >= 0.6 is 0 Å². The number of hydrogen-bond donors (Lipinski definition) is 1. The van der Waals surface area contributed by atoms with Crippen LogP contribution in [0.15, 0.2) is 64.3 Å². The number of fused-ring (bicyclic) bond motifs is 1. The molecule has 0 spiro atoms. The predicted octanol–water partition coefficient (Wildman–Crippen LogP) is 1.55. The Morgan fingerprint density at radius 2 is 1.85 bits per heavy atom. The van der Waals surface area contributed by atoms with Gasteiger partial charge in [-0.2, -0.15) is 0 Å². The van der Waals surface area contributed by atoms with Crippen LogP contribution in [-0.2, 0) is 0 Å². The van der Waals surface area contributed by atoms with Crippen LogP contribution < -0.4 is 30.9 Å². The largest absolute Gasteiger partial charge is 0.497 e. The first-order valence-corrected chi connectivity index (χ1v) is 8.05. The average Bonchev–Trinajstić information content (AvgIpc) is 3.17. The van der Waals surface area contributed by atoms with Gasteiger partial charge in [-0.25, -0.2) is 9.98 Å². The van der Waals surface area contributed by atoms with E-state index >= 15 is 0 Å². The monoisotopic (exact) mass is 350 g/mol. The molecule has 0 radical (unpaired) electrons. The zero-order valence-corrected chi connectivity index (χ0v) is 14.4. The number of hydrogen-bond acceptors (Lipinski definition) is 7. The predicted molar refractivity (Wildman–Crippen MR) is 96.1 cm³/mol. The summed E-state index contributed by atoms with van der Waals surface area (Å²) in [5.41, 5.74) is 8.73. The number of nitrogens with zero attached hydrogens (tertiary/aromatic N) is 3. The molecule has 4 rings (SSSR count). The molecule has 7 heteroatoms. The van der Waals surface area contributed by atoms with Gasteiger partial charge in [-0.05, 0) is 29.8 Å². The Balaban J connectivity index is 1.85. The first-order chi connectivity index (χ1) is 12.7. The highest BCUT2D eigenvalue weighted by molar-refractivity contribution is 5.68. The maximum Gasteiger partial charge on any atom is 0.227 e. The highest BCUT2D eigenvalue weighted by atomic mass is 16.5. The number of furan rings is 1. The van der Waals surface area contributed by atoms with Crippen LogP contribution in [0.25, 0.3) is 5.82 Å². The van der Waals surface area contributed by atoms with Crippen LogP contribution in [0.2, 0.25) is 0 Å². The molecule has 1 atom stereocenters. The molecule has 2 aromatic heterocycles. The fraction of sp³-hybridized carbons (Fsp3) is 0.158. The third-order valence-electron chi connectivity index (χ3n) is 4.29. The van der Waals surface area contributed by atoms with Gasteiger partial charge < -0.3 is 19.6 Å². The summed E-state index contributed by atoms with van der Waals surface area (Å²) in [4.78, 5) is 11.0. The number of nitrogens with two attached hydrogens (primary N) is 1. The van der Waals surface area contributed by atoms with Crippen molar-refractivity contribution in [2.24, 2.45) is 10.7 Å². The minimum Gasteiger partial charge on any atom is -0.497 e. The Hall–Kier alpha value is -3.48. The summed E-state index contributed by atoms with van der Waals surface area (Å²) in [6.45, 7) is 0. The van der Waals surface area contributed by atoms with Gasteiger partial charge in [0.15, 0.2) is 6.17 Å². The van der Waals surface area contributed by atoms with Crippen LogP contribution in [0.3, 0.4) is 0 Å². The third kappa shape index (κ3) is 2.63. The topological polar surface area (TPSA) is 86.1 Å². The molecule has 7 nitrogen and oxygen atoms in total. The highest BCUT2D eigenvalue weighted by Gasteiger charge is 2.27. The van der Waals surface area contributed by atoms with E-state index in [1.165, 1.54) is 0 Å². The lowest BCUT2D eigenvalue weighted by Crippen LogP contribution is -2.43. The summed E-state index contributed by atoms with van der Waals surface area (Å²) in [6.07, 6.45) is 2.92. The molecule has 1 unspecified atom stereocenters. The summed E-state index contributed by atoms with van der Waals surface area (Å²) in [5, 5.41) is 0.755. The fourth-order valence-corrected chi connectivity index (χ4v) is 2.94. The zero-order chi connectivity index (χ0) is 18.1. The van der Waals surface area contributed by atoms with Gasteiger partial charge in [-0.1, -0.05) is 12.1 Å². The molecular weight excluding hydrogens is 332 g/mol. The number of rotatable bonds is 4. The maximum atomic E-state index is 6.46. The second-order valence-corrected chi connectivity index (χ2v) is 5.73. The lowest BCUT2D eigenvalue weighted by atomic mass is 10.1. The summed E-state index contributed by atoms with van der Waals surface area (Å²) in [5.74, 6) is 1.86. The van der Waals surface area contributed by atoms with Gasteiger partial charge in [-0.3, -0.25) is 4.90 Å². The molecule has 0 saturated heterocycles. The van der Waals surface area contributed by atoms with Gasteiger partial charge in [0.25, 0.3) is 0 Å². The summed E-state index contributed by atoms with van der Waals surface area (Å²) >= 11 is 0. The third-order valence-corrected chi connectivity index (χ3v) is 4.29.